The van der Waals surface area contributed by atoms with E-state index in [1.54, 1.807) is 0 Å². The van der Waals surface area contributed by atoms with Crippen molar-refractivity contribution in [2.24, 2.45) is 9.98 Å². The van der Waals surface area contributed by atoms with Gasteiger partial charge in [0.25, 0.3) is 0 Å². The fourth-order valence-electron chi connectivity index (χ4n) is 4.77. The van der Waals surface area contributed by atoms with Gasteiger partial charge in [-0.3, -0.25) is 9.98 Å². The van der Waals surface area contributed by atoms with Gasteiger partial charge in [-0.1, -0.05) is 91.8 Å². The summed E-state index contributed by atoms with van der Waals surface area (Å²) in [6.07, 6.45) is 0. The van der Waals surface area contributed by atoms with Gasteiger partial charge in [-0.25, -0.2) is 4.98 Å². The molecule has 3 nitrogen and oxygen atoms in total. The van der Waals surface area contributed by atoms with E-state index < -0.39 is 0 Å². The Bertz CT molecular complexity index is 1180. The van der Waals surface area contributed by atoms with E-state index in [1.807, 2.05) is 0 Å². The average Bonchev–Trinajstić information content (AvgIpc) is 2.83. The summed E-state index contributed by atoms with van der Waals surface area (Å²) in [5.74, 6) is 1.60. The van der Waals surface area contributed by atoms with Crippen molar-refractivity contribution < 1.29 is 54.3 Å². The van der Waals surface area contributed by atoms with Gasteiger partial charge in [0.1, 0.15) is 0 Å². The van der Waals surface area contributed by atoms with Crippen molar-refractivity contribution in [3.05, 3.63) is 87.7 Å². The molecule has 0 N–H and O–H groups in total. The van der Waals surface area contributed by atoms with Crippen LogP contribution in [-0.4, -0.2) is 16.4 Å². The van der Waals surface area contributed by atoms with Gasteiger partial charge in [-0.05, 0) is 84.4 Å². The Morgan fingerprint density at radius 1 is 0.561 bits per heavy atom. The number of para-hydroxylation sites is 2. The summed E-state index contributed by atoms with van der Waals surface area (Å²) in [5.41, 5.74) is 12.1. The Labute approximate surface area is 278 Å². The number of nitrogens with zero attached hydrogens (tertiary/aromatic N) is 3. The van der Waals surface area contributed by atoms with Crippen molar-refractivity contribution >= 4 is 22.8 Å². The van der Waals surface area contributed by atoms with Crippen molar-refractivity contribution in [2.45, 2.75) is 99.8 Å². The van der Waals surface area contributed by atoms with Gasteiger partial charge in [-0.2, -0.15) is 0 Å². The van der Waals surface area contributed by atoms with E-state index in [4.69, 9.17) is 15.0 Å². The maximum atomic E-state index is 5.19. The molecule has 0 aliphatic carbocycles. The van der Waals surface area contributed by atoms with E-state index in [0.717, 1.165) is 39.7 Å². The number of hydrogen-bond acceptors (Lipinski definition) is 3. The molecule has 0 saturated heterocycles. The summed E-state index contributed by atoms with van der Waals surface area (Å²) in [5, 5.41) is 0. The predicted octanol–water partition coefficient (Wildman–Crippen LogP) is 1.17. The third kappa shape index (κ3) is 10.2. The van der Waals surface area contributed by atoms with Crippen LogP contribution in [0.4, 0.5) is 11.4 Å². The van der Waals surface area contributed by atoms with Crippen LogP contribution in [0.2, 0.25) is 0 Å². The van der Waals surface area contributed by atoms with Gasteiger partial charge in [-0.15, -0.1) is 0 Å². The Kier molecular flexibility index (Phi) is 18.3. The second-order valence-electron chi connectivity index (χ2n) is 11.5. The molecular formula is C34H45Cl3FeN3. The molecule has 2 aromatic carbocycles. The minimum atomic E-state index is 0. The minimum absolute atomic E-state index is 0. The zero-order chi connectivity index (χ0) is 27.4. The Morgan fingerprint density at radius 3 is 1.07 bits per heavy atom. The van der Waals surface area contributed by atoms with E-state index in [2.05, 4.69) is 125 Å². The fraction of sp³-hybridized carbons (Fsp3) is 0.441. The molecule has 0 fully saturated rings. The van der Waals surface area contributed by atoms with Crippen LogP contribution >= 0.6 is 0 Å². The predicted molar refractivity (Wildman–Crippen MR) is 162 cm³/mol. The Hall–Kier alpha value is -1.68. The van der Waals surface area contributed by atoms with E-state index in [-0.39, 0.29) is 54.3 Å². The van der Waals surface area contributed by atoms with Gasteiger partial charge < -0.3 is 37.2 Å². The van der Waals surface area contributed by atoms with Gasteiger partial charge in [0.15, 0.2) is 0 Å². The molecule has 0 saturated carbocycles. The summed E-state index contributed by atoms with van der Waals surface area (Å²) < 4.78 is 0. The zero-order valence-electron chi connectivity index (χ0n) is 26.3. The van der Waals surface area contributed by atoms with Crippen molar-refractivity contribution in [3.8, 4) is 0 Å². The van der Waals surface area contributed by atoms with Crippen LogP contribution in [0.5, 0.6) is 0 Å². The second kappa shape index (κ2) is 18.1. The smallest absolute Gasteiger partial charge is 1.00 e. The number of hydrogen-bond donors (Lipinski definition) is 0. The molecule has 0 bridgehead atoms. The molecule has 3 rings (SSSR count). The van der Waals surface area contributed by atoms with E-state index in [0.29, 0.717) is 23.7 Å². The molecule has 0 aliphatic rings. The number of benzene rings is 2. The van der Waals surface area contributed by atoms with Crippen LogP contribution in [0.1, 0.15) is 132 Å². The molecule has 225 valence electrons. The topological polar surface area (TPSA) is 37.6 Å². The average molecular weight is 658 g/mol. The van der Waals surface area contributed by atoms with Crippen LogP contribution in [0.15, 0.2) is 58.5 Å². The first kappa shape index (κ1) is 41.5. The van der Waals surface area contributed by atoms with Crippen LogP contribution in [0.25, 0.3) is 0 Å². The molecule has 7 heteroatoms. The van der Waals surface area contributed by atoms with E-state index in [9.17, 15) is 0 Å². The third-order valence-corrected chi connectivity index (χ3v) is 6.95. The number of aliphatic imine (C=N–C) groups is 2. The Morgan fingerprint density at radius 2 is 0.829 bits per heavy atom. The first-order chi connectivity index (χ1) is 17.4. The quantitative estimate of drug-likeness (QED) is 0.265. The Balaban J connectivity index is 0. The SMILES string of the molecule is CC(=Nc1c(C(C)C)cccc1C(C)C)c1cc(C)cc(C(C)=Nc2c(C(C)C)cccc2C(C)C)n1.[Cl-].[Cl-].[Cl-].[Fe+3]. The van der Waals surface area contributed by atoms with Crippen LogP contribution in [-0.2, 0) is 17.1 Å². The first-order valence-electron chi connectivity index (χ1n) is 13.8. The van der Waals surface area contributed by atoms with Crippen molar-refractivity contribution in [2.75, 3.05) is 0 Å². The molecule has 1 aromatic heterocycles. The van der Waals surface area contributed by atoms with Crippen LogP contribution in [0.3, 0.4) is 0 Å². The summed E-state index contributed by atoms with van der Waals surface area (Å²) in [6.45, 7) is 24.1. The molecule has 0 unspecified atom stereocenters. The van der Waals surface area contributed by atoms with Crippen molar-refractivity contribution in [1.29, 1.82) is 0 Å². The molecule has 0 amide bonds. The molecule has 3 aromatic rings. The number of aryl methyl sites for hydroxylation is 1. The van der Waals surface area contributed by atoms with Crippen LogP contribution in [0, 0.1) is 6.92 Å². The standard InChI is InChI=1S/C34H45N3.3ClH.Fe/c1-20(2)27-14-12-15-28(21(3)4)33(27)35-25(10)31-18-24(9)19-32(37-31)26(11)36-34-29(22(5)6)16-13-17-30(34)23(7)8;;;;/h12-23H,1-11H3;3*1H;/q;;;;+3/p-3. The largest absolute Gasteiger partial charge is 3.00 e. The first-order valence-corrected chi connectivity index (χ1v) is 13.8. The summed E-state index contributed by atoms with van der Waals surface area (Å²) >= 11 is 0. The van der Waals surface area contributed by atoms with E-state index >= 15 is 0 Å². The second-order valence-corrected chi connectivity index (χ2v) is 11.5. The van der Waals surface area contributed by atoms with Gasteiger partial charge >= 0.3 is 17.1 Å². The maximum absolute atomic E-state index is 5.19. The minimum Gasteiger partial charge on any atom is -1.00 e. The maximum Gasteiger partial charge on any atom is 3.00 e. The number of aromatic nitrogens is 1. The molecule has 0 aliphatic heterocycles. The van der Waals surface area contributed by atoms with Crippen molar-refractivity contribution in [3.63, 3.8) is 0 Å². The van der Waals surface area contributed by atoms with Crippen molar-refractivity contribution in [1.82, 2.24) is 4.98 Å². The summed E-state index contributed by atoms with van der Waals surface area (Å²) in [6, 6.07) is 17.4. The molecule has 1 radical (unpaired) electrons. The summed E-state index contributed by atoms with van der Waals surface area (Å²) in [4.78, 5) is 15.4. The number of pyridine rings is 1. The van der Waals surface area contributed by atoms with Crippen LogP contribution < -0.4 is 37.2 Å². The molecule has 0 atom stereocenters. The number of halogens is 3. The van der Waals surface area contributed by atoms with E-state index in [1.165, 1.54) is 22.3 Å². The monoisotopic (exact) mass is 656 g/mol. The normalized spacial score (nSPS) is 11.7. The fourth-order valence-corrected chi connectivity index (χ4v) is 4.77. The molecule has 0 spiro atoms. The molecular weight excluding hydrogens is 613 g/mol. The van der Waals surface area contributed by atoms with Gasteiger partial charge in [0.05, 0.1) is 34.2 Å². The van der Waals surface area contributed by atoms with Gasteiger partial charge in [0, 0.05) is 0 Å². The zero-order valence-corrected chi connectivity index (χ0v) is 29.6. The summed E-state index contributed by atoms with van der Waals surface area (Å²) in [7, 11) is 0. The molecule has 41 heavy (non-hydrogen) atoms. The molecule has 1 heterocycles. The van der Waals surface area contributed by atoms with Gasteiger partial charge in [0.2, 0.25) is 0 Å². The third-order valence-electron chi connectivity index (χ3n) is 6.95. The number of rotatable bonds is 8.